The summed E-state index contributed by atoms with van der Waals surface area (Å²) < 4.78 is 29.6. The van der Waals surface area contributed by atoms with Crippen molar-refractivity contribution >= 4 is 10.1 Å². The van der Waals surface area contributed by atoms with Gasteiger partial charge < -0.3 is 5.11 Å². The lowest BCUT2D eigenvalue weighted by Gasteiger charge is -2.33. The molecule has 1 fully saturated rings. The van der Waals surface area contributed by atoms with Crippen LogP contribution in [0.3, 0.4) is 0 Å². The monoisotopic (exact) mass is 252 g/mol. The molecule has 1 saturated heterocycles. The Labute approximate surface area is 96.4 Å². The predicted octanol–water partition coefficient (Wildman–Crippen LogP) is -2.00. The molecule has 8 heteroatoms. The zero-order chi connectivity index (χ0) is 11.3. The van der Waals surface area contributed by atoms with Gasteiger partial charge in [0.1, 0.15) is 0 Å². The molecule has 0 saturated carbocycles. The maximum Gasteiger partial charge on any atom is 0.266 e. The summed E-state index contributed by atoms with van der Waals surface area (Å²) in [4.78, 5) is 4.13. The SMILES string of the molecule is O=S(=O)(O)CCN1CCN(CCO)CC1.[N]. The van der Waals surface area contributed by atoms with Crippen LogP contribution in [0.2, 0.25) is 0 Å². The highest BCUT2D eigenvalue weighted by molar-refractivity contribution is 7.85. The van der Waals surface area contributed by atoms with Crippen LogP contribution in [-0.2, 0) is 10.1 Å². The lowest BCUT2D eigenvalue weighted by atomic mass is 10.3. The third kappa shape index (κ3) is 6.36. The van der Waals surface area contributed by atoms with Gasteiger partial charge in [0, 0.05) is 45.4 Å². The van der Waals surface area contributed by atoms with E-state index in [1.165, 1.54) is 0 Å². The summed E-state index contributed by atoms with van der Waals surface area (Å²) in [6, 6.07) is 0. The van der Waals surface area contributed by atoms with Crippen molar-refractivity contribution < 1.29 is 18.1 Å². The first-order valence-corrected chi connectivity index (χ1v) is 6.63. The lowest BCUT2D eigenvalue weighted by Crippen LogP contribution is -2.48. The van der Waals surface area contributed by atoms with E-state index in [2.05, 4.69) is 4.90 Å². The van der Waals surface area contributed by atoms with Gasteiger partial charge in [0.05, 0.1) is 12.4 Å². The van der Waals surface area contributed by atoms with Gasteiger partial charge in [0.2, 0.25) is 0 Å². The van der Waals surface area contributed by atoms with Crippen LogP contribution in [0.4, 0.5) is 0 Å². The summed E-state index contributed by atoms with van der Waals surface area (Å²) in [5.74, 6) is -0.201. The molecule has 1 rings (SSSR count). The van der Waals surface area contributed by atoms with Gasteiger partial charge in [0.25, 0.3) is 10.1 Å². The summed E-state index contributed by atoms with van der Waals surface area (Å²) >= 11 is 0. The molecule has 0 aliphatic carbocycles. The van der Waals surface area contributed by atoms with Crippen LogP contribution in [0.1, 0.15) is 0 Å². The standard InChI is InChI=1S/C8H18N2O4S.N/c11-7-5-9-1-3-10(4-2-9)6-8-15(12,13)14;/h11H,1-8H2,(H,12,13,14);. The highest BCUT2D eigenvalue weighted by atomic mass is 32.2. The molecule has 0 aromatic heterocycles. The topological polar surface area (TPSA) is 112 Å². The fourth-order valence-corrected chi connectivity index (χ4v) is 2.11. The average Bonchev–Trinajstić information content (AvgIpc) is 2.16. The van der Waals surface area contributed by atoms with Crippen molar-refractivity contribution in [3.8, 4) is 0 Å². The number of hydrogen-bond acceptors (Lipinski definition) is 5. The zero-order valence-corrected chi connectivity index (χ0v) is 9.93. The first kappa shape index (κ1) is 15.8. The molecular formula is C8H18N3O4S. The van der Waals surface area contributed by atoms with Crippen LogP contribution in [0.15, 0.2) is 0 Å². The number of aliphatic hydroxyl groups is 1. The number of piperazine rings is 1. The molecule has 0 amide bonds. The maximum atomic E-state index is 10.5. The Hall–Kier alpha value is -0.250. The average molecular weight is 252 g/mol. The van der Waals surface area contributed by atoms with Crippen LogP contribution in [-0.4, -0.2) is 79.5 Å². The van der Waals surface area contributed by atoms with E-state index < -0.39 is 10.1 Å². The fourth-order valence-electron chi connectivity index (χ4n) is 1.62. The maximum absolute atomic E-state index is 10.5. The third-order valence-electron chi connectivity index (χ3n) is 2.55. The minimum absolute atomic E-state index is 0. The molecule has 0 atom stereocenters. The van der Waals surface area contributed by atoms with E-state index in [9.17, 15) is 8.42 Å². The van der Waals surface area contributed by atoms with Gasteiger partial charge in [-0.2, -0.15) is 8.42 Å². The molecule has 7 nitrogen and oxygen atoms in total. The van der Waals surface area contributed by atoms with Crippen molar-refractivity contribution in [1.29, 1.82) is 0 Å². The summed E-state index contributed by atoms with van der Waals surface area (Å²) in [5, 5.41) is 8.73. The van der Waals surface area contributed by atoms with Crippen molar-refractivity contribution in [2.75, 3.05) is 51.6 Å². The van der Waals surface area contributed by atoms with E-state index >= 15 is 0 Å². The second-order valence-electron chi connectivity index (χ2n) is 3.69. The Kier molecular flexibility index (Phi) is 7.04. The minimum Gasteiger partial charge on any atom is -0.395 e. The predicted molar refractivity (Wildman–Crippen MR) is 58.5 cm³/mol. The number of aliphatic hydroxyl groups excluding tert-OH is 1. The van der Waals surface area contributed by atoms with E-state index in [-0.39, 0.29) is 18.5 Å². The Morgan fingerprint density at radius 1 is 1.00 bits per heavy atom. The van der Waals surface area contributed by atoms with E-state index in [0.29, 0.717) is 13.1 Å². The van der Waals surface area contributed by atoms with Gasteiger partial charge in [-0.25, -0.2) is 0 Å². The number of rotatable bonds is 5. The van der Waals surface area contributed by atoms with E-state index in [1.807, 2.05) is 4.90 Å². The molecule has 0 aromatic rings. The lowest BCUT2D eigenvalue weighted by molar-refractivity contribution is 0.116. The first-order valence-electron chi connectivity index (χ1n) is 5.02. The molecule has 1 aliphatic heterocycles. The molecule has 1 heterocycles. The summed E-state index contributed by atoms with van der Waals surface area (Å²) in [7, 11) is -3.84. The molecule has 95 valence electrons. The molecule has 0 spiro atoms. The van der Waals surface area contributed by atoms with Gasteiger partial charge in [0.15, 0.2) is 0 Å². The zero-order valence-electron chi connectivity index (χ0n) is 9.12. The third-order valence-corrected chi connectivity index (χ3v) is 3.25. The van der Waals surface area contributed by atoms with Crippen molar-refractivity contribution in [1.82, 2.24) is 16.0 Å². The van der Waals surface area contributed by atoms with Gasteiger partial charge in [-0.05, 0) is 0 Å². The largest absolute Gasteiger partial charge is 0.395 e. The molecule has 0 aromatic carbocycles. The number of nitrogens with zero attached hydrogens (tertiary/aromatic N) is 3. The van der Waals surface area contributed by atoms with Crippen LogP contribution < -0.4 is 6.15 Å². The Morgan fingerprint density at radius 3 is 1.81 bits per heavy atom. The van der Waals surface area contributed by atoms with E-state index in [0.717, 1.165) is 26.2 Å². The number of β-amino-alcohol motifs (C(OH)–C–C–N with tert-alkyl or cyclic N) is 1. The molecular weight excluding hydrogens is 234 g/mol. The summed E-state index contributed by atoms with van der Waals surface area (Å²) in [5.41, 5.74) is 0. The molecule has 1 aliphatic rings. The quantitative estimate of drug-likeness (QED) is 0.548. The molecule has 0 bridgehead atoms. The van der Waals surface area contributed by atoms with Gasteiger partial charge in [-0.1, -0.05) is 0 Å². The van der Waals surface area contributed by atoms with Crippen molar-refractivity contribution in [2.45, 2.75) is 0 Å². The second kappa shape index (κ2) is 7.15. The molecule has 3 radical (unpaired) electrons. The Balaban J connectivity index is 0.00000225. The van der Waals surface area contributed by atoms with Crippen LogP contribution >= 0.6 is 0 Å². The smallest absolute Gasteiger partial charge is 0.266 e. The van der Waals surface area contributed by atoms with Gasteiger partial charge in [-0.15, -0.1) is 0 Å². The first-order chi connectivity index (χ1) is 7.01. The molecule has 0 unspecified atom stereocenters. The van der Waals surface area contributed by atoms with E-state index in [4.69, 9.17) is 9.66 Å². The van der Waals surface area contributed by atoms with Gasteiger partial charge >= 0.3 is 0 Å². The van der Waals surface area contributed by atoms with Crippen LogP contribution in [0.5, 0.6) is 0 Å². The van der Waals surface area contributed by atoms with Crippen molar-refractivity contribution in [2.24, 2.45) is 0 Å². The Bertz CT molecular complexity index is 275. The molecule has 2 N–H and O–H groups in total. The normalized spacial score (nSPS) is 19.4. The number of hydrogen-bond donors (Lipinski definition) is 2. The highest BCUT2D eigenvalue weighted by Gasteiger charge is 2.17. The second-order valence-corrected chi connectivity index (χ2v) is 5.27. The van der Waals surface area contributed by atoms with Crippen LogP contribution in [0, 0.1) is 0 Å². The molecule has 16 heavy (non-hydrogen) atoms. The fraction of sp³-hybridized carbons (Fsp3) is 1.00. The van der Waals surface area contributed by atoms with Crippen molar-refractivity contribution in [3.05, 3.63) is 0 Å². The van der Waals surface area contributed by atoms with Crippen molar-refractivity contribution in [3.63, 3.8) is 0 Å². The summed E-state index contributed by atoms with van der Waals surface area (Å²) in [6.07, 6.45) is 0. The van der Waals surface area contributed by atoms with Gasteiger partial charge in [-0.3, -0.25) is 14.4 Å². The van der Waals surface area contributed by atoms with Crippen LogP contribution in [0.25, 0.3) is 0 Å². The highest BCUT2D eigenvalue weighted by Crippen LogP contribution is 2.01. The minimum atomic E-state index is -3.84. The summed E-state index contributed by atoms with van der Waals surface area (Å²) in [6.45, 7) is 4.46. The Morgan fingerprint density at radius 2 is 1.44 bits per heavy atom. The van der Waals surface area contributed by atoms with E-state index in [1.54, 1.807) is 0 Å².